The first-order valence-corrected chi connectivity index (χ1v) is 5.65. The first kappa shape index (κ1) is 13.0. The highest BCUT2D eigenvalue weighted by molar-refractivity contribution is 6.32. The zero-order chi connectivity index (χ0) is 13.8. The molecule has 0 aliphatic heterocycles. The van der Waals surface area contributed by atoms with Crippen LogP contribution in [0.1, 0.15) is 10.4 Å². The predicted octanol–water partition coefficient (Wildman–Crippen LogP) is 3.85. The molecule has 0 atom stereocenters. The smallest absolute Gasteiger partial charge is 0.273 e. The van der Waals surface area contributed by atoms with Gasteiger partial charge in [-0.15, -0.1) is 0 Å². The molecular weight excluding hydrogens is 270 g/mol. The first-order valence-electron chi connectivity index (χ1n) is 5.27. The summed E-state index contributed by atoms with van der Waals surface area (Å²) >= 11 is 5.91. The summed E-state index contributed by atoms with van der Waals surface area (Å²) in [5, 5.41) is 10.9. The van der Waals surface area contributed by atoms with E-state index in [0.29, 0.717) is 17.6 Å². The molecule has 0 spiro atoms. The Morgan fingerprint density at radius 1 is 1.21 bits per heavy atom. The van der Waals surface area contributed by atoms with E-state index in [-0.39, 0.29) is 16.5 Å². The minimum absolute atomic E-state index is 0.119. The van der Waals surface area contributed by atoms with Crippen LogP contribution in [0.5, 0.6) is 11.5 Å². The number of rotatable bonds is 4. The minimum Gasteiger partial charge on any atom is -0.456 e. The van der Waals surface area contributed by atoms with Crippen molar-refractivity contribution >= 4 is 23.6 Å². The van der Waals surface area contributed by atoms with Crippen molar-refractivity contribution in [1.82, 2.24) is 0 Å². The summed E-state index contributed by atoms with van der Waals surface area (Å²) in [6.45, 7) is 0. The van der Waals surface area contributed by atoms with Crippen LogP contribution in [0.25, 0.3) is 0 Å². The van der Waals surface area contributed by atoms with Crippen molar-refractivity contribution in [3.8, 4) is 11.5 Å². The van der Waals surface area contributed by atoms with Crippen LogP contribution in [-0.4, -0.2) is 11.2 Å². The number of halogens is 1. The summed E-state index contributed by atoms with van der Waals surface area (Å²) < 4.78 is 5.45. The molecule has 0 saturated heterocycles. The van der Waals surface area contributed by atoms with Crippen molar-refractivity contribution in [1.29, 1.82) is 0 Å². The summed E-state index contributed by atoms with van der Waals surface area (Å²) in [4.78, 5) is 20.8. The maximum absolute atomic E-state index is 10.7. The zero-order valence-electron chi connectivity index (χ0n) is 9.58. The number of hydrogen-bond donors (Lipinski definition) is 0. The third-order valence-electron chi connectivity index (χ3n) is 2.35. The molecule has 2 rings (SSSR count). The minimum atomic E-state index is -0.537. The van der Waals surface area contributed by atoms with Crippen LogP contribution in [0.2, 0.25) is 5.02 Å². The summed E-state index contributed by atoms with van der Waals surface area (Å²) in [6.07, 6.45) is 0.682. The van der Waals surface area contributed by atoms with E-state index in [9.17, 15) is 14.9 Å². The average Bonchev–Trinajstić information content (AvgIpc) is 2.41. The van der Waals surface area contributed by atoms with Gasteiger partial charge in [0.2, 0.25) is 0 Å². The molecule has 0 unspecified atom stereocenters. The van der Waals surface area contributed by atoms with Crippen molar-refractivity contribution in [3.63, 3.8) is 0 Å². The lowest BCUT2D eigenvalue weighted by Crippen LogP contribution is -1.91. The van der Waals surface area contributed by atoms with Crippen LogP contribution in [0.3, 0.4) is 0 Å². The van der Waals surface area contributed by atoms with Gasteiger partial charge in [0.1, 0.15) is 12.0 Å². The maximum Gasteiger partial charge on any atom is 0.273 e. The van der Waals surface area contributed by atoms with Crippen LogP contribution in [0, 0.1) is 10.1 Å². The fourth-order valence-corrected chi connectivity index (χ4v) is 1.62. The second-order valence-electron chi connectivity index (χ2n) is 3.66. The molecule has 0 aromatic heterocycles. The molecule has 0 bridgehead atoms. The van der Waals surface area contributed by atoms with E-state index >= 15 is 0 Å². The van der Waals surface area contributed by atoms with Gasteiger partial charge < -0.3 is 4.74 Å². The lowest BCUT2D eigenvalue weighted by molar-refractivity contribution is -0.384. The fourth-order valence-electron chi connectivity index (χ4n) is 1.46. The van der Waals surface area contributed by atoms with E-state index in [2.05, 4.69) is 0 Å². The van der Waals surface area contributed by atoms with Crippen LogP contribution >= 0.6 is 11.6 Å². The molecule has 0 aliphatic rings. The lowest BCUT2D eigenvalue weighted by atomic mass is 10.2. The van der Waals surface area contributed by atoms with E-state index in [1.165, 1.54) is 24.3 Å². The summed E-state index contributed by atoms with van der Waals surface area (Å²) in [6, 6.07) is 10.3. The molecule has 0 N–H and O–H groups in total. The van der Waals surface area contributed by atoms with Gasteiger partial charge >= 0.3 is 0 Å². The van der Waals surface area contributed by atoms with Gasteiger partial charge in [-0.1, -0.05) is 23.7 Å². The Bertz CT molecular complexity index is 642. The molecule has 96 valence electrons. The lowest BCUT2D eigenvalue weighted by Gasteiger charge is -2.07. The SMILES string of the molecule is O=Cc1cccc(Oc2cc([N+](=O)[O-])ccc2Cl)c1. The molecular formula is C13H8ClNO4. The number of ether oxygens (including phenoxy) is 1. The van der Waals surface area contributed by atoms with Crippen LogP contribution < -0.4 is 4.74 Å². The quantitative estimate of drug-likeness (QED) is 0.483. The number of carbonyl (C=O) groups is 1. The molecule has 0 saturated carbocycles. The highest BCUT2D eigenvalue weighted by atomic mass is 35.5. The van der Waals surface area contributed by atoms with Crippen LogP contribution in [-0.2, 0) is 0 Å². The fraction of sp³-hybridized carbons (Fsp3) is 0. The van der Waals surface area contributed by atoms with Crippen LogP contribution in [0.15, 0.2) is 42.5 Å². The van der Waals surface area contributed by atoms with E-state index in [1.807, 2.05) is 0 Å². The molecule has 2 aromatic rings. The van der Waals surface area contributed by atoms with Crippen LogP contribution in [0.4, 0.5) is 5.69 Å². The van der Waals surface area contributed by atoms with Crippen molar-refractivity contribution in [2.24, 2.45) is 0 Å². The van der Waals surface area contributed by atoms with Crippen molar-refractivity contribution in [3.05, 3.63) is 63.2 Å². The number of nitro groups is 1. The molecule has 19 heavy (non-hydrogen) atoms. The third-order valence-corrected chi connectivity index (χ3v) is 2.66. The standard InChI is InChI=1S/C13H8ClNO4/c14-12-5-4-10(15(17)18)7-13(12)19-11-3-1-2-9(6-11)8-16/h1-8H. The molecule has 5 nitrogen and oxygen atoms in total. The van der Waals surface area contributed by atoms with Gasteiger partial charge in [-0.05, 0) is 18.2 Å². The van der Waals surface area contributed by atoms with Gasteiger partial charge in [-0.2, -0.15) is 0 Å². The van der Waals surface area contributed by atoms with Gasteiger partial charge in [0, 0.05) is 11.6 Å². The average molecular weight is 278 g/mol. The largest absolute Gasteiger partial charge is 0.456 e. The second kappa shape index (κ2) is 5.49. The Kier molecular flexibility index (Phi) is 3.77. The predicted molar refractivity (Wildman–Crippen MR) is 70.0 cm³/mol. The number of non-ortho nitro benzene ring substituents is 1. The molecule has 0 radical (unpaired) electrons. The third kappa shape index (κ3) is 3.08. The molecule has 0 heterocycles. The van der Waals surface area contributed by atoms with Gasteiger partial charge in [-0.25, -0.2) is 0 Å². The van der Waals surface area contributed by atoms with Gasteiger partial charge in [0.15, 0.2) is 5.75 Å². The maximum atomic E-state index is 10.7. The number of carbonyl (C=O) groups excluding carboxylic acids is 1. The molecule has 0 amide bonds. The van der Waals surface area contributed by atoms with Crippen molar-refractivity contribution < 1.29 is 14.5 Å². The normalized spacial score (nSPS) is 9.95. The molecule has 0 fully saturated rings. The summed E-state index contributed by atoms with van der Waals surface area (Å²) in [7, 11) is 0. The Morgan fingerprint density at radius 2 is 2.00 bits per heavy atom. The topological polar surface area (TPSA) is 69.4 Å². The highest BCUT2D eigenvalue weighted by Crippen LogP contribution is 2.32. The van der Waals surface area contributed by atoms with Gasteiger partial charge in [-0.3, -0.25) is 14.9 Å². The zero-order valence-corrected chi connectivity index (χ0v) is 10.3. The second-order valence-corrected chi connectivity index (χ2v) is 4.07. The molecule has 2 aromatic carbocycles. The van der Waals surface area contributed by atoms with E-state index < -0.39 is 4.92 Å². The molecule has 0 aliphatic carbocycles. The van der Waals surface area contributed by atoms with Gasteiger partial charge in [0.25, 0.3) is 5.69 Å². The van der Waals surface area contributed by atoms with E-state index in [4.69, 9.17) is 16.3 Å². The number of nitro benzene ring substituents is 1. The Hall–Kier alpha value is -2.40. The van der Waals surface area contributed by atoms with Crippen molar-refractivity contribution in [2.45, 2.75) is 0 Å². The highest BCUT2D eigenvalue weighted by Gasteiger charge is 2.11. The van der Waals surface area contributed by atoms with Crippen molar-refractivity contribution in [2.75, 3.05) is 0 Å². The summed E-state index contributed by atoms with van der Waals surface area (Å²) in [5.74, 6) is 0.547. The number of benzene rings is 2. The monoisotopic (exact) mass is 277 g/mol. The van der Waals surface area contributed by atoms with E-state index in [1.54, 1.807) is 18.2 Å². The van der Waals surface area contributed by atoms with Gasteiger partial charge in [0.05, 0.1) is 16.0 Å². The summed E-state index contributed by atoms with van der Waals surface area (Å²) in [5.41, 5.74) is 0.324. The Balaban J connectivity index is 2.34. The number of nitrogens with zero attached hydrogens (tertiary/aromatic N) is 1. The molecule has 6 heteroatoms. The Morgan fingerprint density at radius 3 is 2.68 bits per heavy atom. The Labute approximate surface area is 113 Å². The first-order chi connectivity index (χ1) is 9.10. The number of aldehydes is 1. The number of hydrogen-bond acceptors (Lipinski definition) is 4. The van der Waals surface area contributed by atoms with E-state index in [0.717, 1.165) is 0 Å².